The standard InChI is InChI=1S/C7H19N3O3S/c1-6(2)9-14(11,12)10-7(4-8)5-13-3/h6-7,9-10H,4-5,8H2,1-3H3. The largest absolute Gasteiger partial charge is 0.383 e. The number of nitrogens with two attached hydrogens (primary N) is 1. The molecule has 0 aliphatic rings. The van der Waals surface area contributed by atoms with Crippen molar-refractivity contribution >= 4 is 10.2 Å². The maximum Gasteiger partial charge on any atom is 0.277 e. The van der Waals surface area contributed by atoms with Crippen molar-refractivity contribution in [3.8, 4) is 0 Å². The van der Waals surface area contributed by atoms with Crippen molar-refractivity contribution in [2.24, 2.45) is 5.73 Å². The number of methoxy groups -OCH3 is 1. The first-order valence-corrected chi connectivity index (χ1v) is 5.88. The lowest BCUT2D eigenvalue weighted by Crippen LogP contribution is -2.49. The Balaban J connectivity index is 4.18. The lowest BCUT2D eigenvalue weighted by molar-refractivity contribution is 0.176. The second-order valence-corrected chi connectivity index (χ2v) is 4.76. The van der Waals surface area contributed by atoms with Crippen LogP contribution < -0.4 is 15.2 Å². The highest BCUT2D eigenvalue weighted by Crippen LogP contribution is 1.88. The fourth-order valence-electron chi connectivity index (χ4n) is 0.915. The SMILES string of the molecule is COCC(CN)NS(=O)(=O)NC(C)C. The Hall–Kier alpha value is -0.210. The molecule has 7 heteroatoms. The number of nitrogens with one attached hydrogen (secondary N) is 2. The van der Waals surface area contributed by atoms with Crippen LogP contribution in [0.1, 0.15) is 13.8 Å². The van der Waals surface area contributed by atoms with Gasteiger partial charge in [-0.25, -0.2) is 0 Å². The molecule has 0 aromatic heterocycles. The number of hydrogen-bond donors (Lipinski definition) is 3. The molecular formula is C7H19N3O3S. The minimum absolute atomic E-state index is 0.145. The average Bonchev–Trinajstić information content (AvgIpc) is 2.00. The smallest absolute Gasteiger partial charge is 0.277 e. The minimum atomic E-state index is -3.47. The summed E-state index contributed by atoms with van der Waals surface area (Å²) >= 11 is 0. The molecule has 0 fully saturated rings. The topological polar surface area (TPSA) is 93.4 Å². The molecule has 0 spiro atoms. The van der Waals surface area contributed by atoms with E-state index < -0.39 is 16.3 Å². The van der Waals surface area contributed by atoms with Gasteiger partial charge in [-0.15, -0.1) is 0 Å². The van der Waals surface area contributed by atoms with Crippen molar-refractivity contribution in [3.05, 3.63) is 0 Å². The van der Waals surface area contributed by atoms with Crippen LogP contribution in [-0.4, -0.2) is 40.8 Å². The van der Waals surface area contributed by atoms with Gasteiger partial charge in [0.05, 0.1) is 12.6 Å². The Kier molecular flexibility index (Phi) is 6.21. The minimum Gasteiger partial charge on any atom is -0.383 e. The third-order valence-corrected chi connectivity index (χ3v) is 2.79. The molecule has 0 amide bonds. The molecular weight excluding hydrogens is 206 g/mol. The molecule has 0 saturated heterocycles. The Labute approximate surface area is 85.4 Å². The van der Waals surface area contributed by atoms with E-state index in [1.807, 2.05) is 0 Å². The van der Waals surface area contributed by atoms with Crippen molar-refractivity contribution < 1.29 is 13.2 Å². The Morgan fingerprint density at radius 3 is 2.29 bits per heavy atom. The number of hydrogen-bond acceptors (Lipinski definition) is 4. The summed E-state index contributed by atoms with van der Waals surface area (Å²) in [4.78, 5) is 0. The molecule has 4 N–H and O–H groups in total. The summed E-state index contributed by atoms with van der Waals surface area (Å²) < 4.78 is 32.3. The second-order valence-electron chi connectivity index (χ2n) is 3.28. The fourth-order valence-corrected chi connectivity index (χ4v) is 2.21. The normalized spacial score (nSPS) is 14.6. The molecule has 86 valence electrons. The van der Waals surface area contributed by atoms with Gasteiger partial charge in [0.25, 0.3) is 10.2 Å². The van der Waals surface area contributed by atoms with E-state index in [4.69, 9.17) is 10.5 Å². The monoisotopic (exact) mass is 225 g/mol. The molecule has 0 aliphatic carbocycles. The molecule has 0 rings (SSSR count). The van der Waals surface area contributed by atoms with Crippen molar-refractivity contribution in [2.75, 3.05) is 20.3 Å². The predicted molar refractivity (Wildman–Crippen MR) is 55.0 cm³/mol. The van der Waals surface area contributed by atoms with Gasteiger partial charge in [-0.2, -0.15) is 17.9 Å². The van der Waals surface area contributed by atoms with Crippen LogP contribution in [0.25, 0.3) is 0 Å². The highest BCUT2D eigenvalue weighted by Gasteiger charge is 2.16. The molecule has 6 nitrogen and oxygen atoms in total. The molecule has 0 aromatic carbocycles. The van der Waals surface area contributed by atoms with Crippen LogP contribution in [0.3, 0.4) is 0 Å². The maximum atomic E-state index is 11.4. The van der Waals surface area contributed by atoms with E-state index in [0.29, 0.717) is 0 Å². The molecule has 0 saturated carbocycles. The van der Waals surface area contributed by atoms with Crippen LogP contribution in [0.15, 0.2) is 0 Å². The van der Waals surface area contributed by atoms with E-state index in [-0.39, 0.29) is 19.2 Å². The Morgan fingerprint density at radius 1 is 1.36 bits per heavy atom. The summed E-state index contributed by atoms with van der Waals surface area (Å²) in [5.74, 6) is 0. The molecule has 1 unspecified atom stereocenters. The van der Waals surface area contributed by atoms with E-state index in [1.165, 1.54) is 7.11 Å². The van der Waals surface area contributed by atoms with Crippen LogP contribution in [-0.2, 0) is 14.9 Å². The maximum absolute atomic E-state index is 11.4. The lowest BCUT2D eigenvalue weighted by atomic mass is 10.3. The quantitative estimate of drug-likeness (QED) is 0.507. The van der Waals surface area contributed by atoms with Gasteiger partial charge in [0.15, 0.2) is 0 Å². The third-order valence-electron chi connectivity index (χ3n) is 1.37. The molecule has 0 radical (unpaired) electrons. The summed E-state index contributed by atoms with van der Waals surface area (Å²) in [6, 6.07) is -0.537. The number of ether oxygens (including phenoxy) is 1. The third kappa shape index (κ3) is 6.28. The molecule has 0 bridgehead atoms. The summed E-state index contributed by atoms with van der Waals surface area (Å²) in [5, 5.41) is 0. The molecule has 0 aliphatic heterocycles. The van der Waals surface area contributed by atoms with Gasteiger partial charge in [0, 0.05) is 19.7 Å². The van der Waals surface area contributed by atoms with E-state index in [0.717, 1.165) is 0 Å². The molecule has 14 heavy (non-hydrogen) atoms. The summed E-state index contributed by atoms with van der Waals surface area (Å²) in [5.41, 5.74) is 5.36. The van der Waals surface area contributed by atoms with E-state index >= 15 is 0 Å². The van der Waals surface area contributed by atoms with E-state index in [1.54, 1.807) is 13.8 Å². The van der Waals surface area contributed by atoms with Crippen LogP contribution in [0.5, 0.6) is 0 Å². The predicted octanol–water partition coefficient (Wildman–Crippen LogP) is -1.21. The van der Waals surface area contributed by atoms with Gasteiger partial charge < -0.3 is 10.5 Å². The first-order chi connectivity index (χ1) is 6.41. The molecule has 1 atom stereocenters. The summed E-state index contributed by atoms with van der Waals surface area (Å²) in [6.07, 6.45) is 0. The first-order valence-electron chi connectivity index (χ1n) is 4.40. The van der Waals surface area contributed by atoms with Crippen molar-refractivity contribution in [1.82, 2.24) is 9.44 Å². The Bertz CT molecular complexity index is 241. The van der Waals surface area contributed by atoms with Crippen LogP contribution in [0, 0.1) is 0 Å². The van der Waals surface area contributed by atoms with Gasteiger partial charge in [0.1, 0.15) is 0 Å². The lowest BCUT2D eigenvalue weighted by Gasteiger charge is -2.17. The van der Waals surface area contributed by atoms with Crippen LogP contribution >= 0.6 is 0 Å². The van der Waals surface area contributed by atoms with E-state index in [2.05, 4.69) is 9.44 Å². The van der Waals surface area contributed by atoms with E-state index in [9.17, 15) is 8.42 Å². The zero-order chi connectivity index (χ0) is 11.2. The van der Waals surface area contributed by atoms with Crippen LogP contribution in [0.2, 0.25) is 0 Å². The summed E-state index contributed by atoms with van der Waals surface area (Å²) in [6.45, 7) is 3.95. The zero-order valence-corrected chi connectivity index (χ0v) is 9.60. The van der Waals surface area contributed by atoms with Crippen molar-refractivity contribution in [3.63, 3.8) is 0 Å². The fraction of sp³-hybridized carbons (Fsp3) is 1.00. The van der Waals surface area contributed by atoms with Crippen molar-refractivity contribution in [1.29, 1.82) is 0 Å². The van der Waals surface area contributed by atoms with Crippen LogP contribution in [0.4, 0.5) is 0 Å². The van der Waals surface area contributed by atoms with Gasteiger partial charge in [-0.1, -0.05) is 0 Å². The second kappa shape index (κ2) is 6.31. The summed E-state index contributed by atoms with van der Waals surface area (Å²) in [7, 11) is -1.98. The zero-order valence-electron chi connectivity index (χ0n) is 8.78. The highest BCUT2D eigenvalue weighted by atomic mass is 32.2. The van der Waals surface area contributed by atoms with Gasteiger partial charge in [-0.05, 0) is 13.8 Å². The average molecular weight is 225 g/mol. The van der Waals surface area contributed by atoms with Crippen molar-refractivity contribution in [2.45, 2.75) is 25.9 Å². The molecule has 0 heterocycles. The number of rotatable bonds is 7. The van der Waals surface area contributed by atoms with Gasteiger partial charge in [0.2, 0.25) is 0 Å². The molecule has 0 aromatic rings. The first kappa shape index (κ1) is 13.8. The Morgan fingerprint density at radius 2 is 1.93 bits per heavy atom. The van der Waals surface area contributed by atoms with Gasteiger partial charge >= 0.3 is 0 Å². The highest BCUT2D eigenvalue weighted by molar-refractivity contribution is 7.87. The van der Waals surface area contributed by atoms with Gasteiger partial charge in [-0.3, -0.25) is 0 Å².